The second kappa shape index (κ2) is 4.39. The number of nitrogens with one attached hydrogen (secondary N) is 1. The van der Waals surface area contributed by atoms with Crippen LogP contribution in [0, 0.1) is 4.91 Å². The fraction of sp³-hybridized carbons (Fsp3) is 0.429. The Balaban J connectivity index is 2.98. The van der Waals surface area contributed by atoms with Crippen molar-refractivity contribution in [3.63, 3.8) is 0 Å². The van der Waals surface area contributed by atoms with E-state index in [4.69, 9.17) is 0 Å². The normalized spacial score (nSPS) is 11.1. The van der Waals surface area contributed by atoms with Crippen molar-refractivity contribution in [2.75, 3.05) is 24.4 Å². The molecule has 0 aliphatic rings. The van der Waals surface area contributed by atoms with Crippen LogP contribution in [0.2, 0.25) is 0 Å². The van der Waals surface area contributed by atoms with Gasteiger partial charge in [-0.05, 0) is 5.18 Å². The lowest BCUT2D eigenvalue weighted by molar-refractivity contribution is -0.167. The molecule has 0 aliphatic carbocycles. The third kappa shape index (κ3) is 2.92. The van der Waals surface area contributed by atoms with Gasteiger partial charge in [-0.25, -0.2) is 0 Å². The molecule has 0 saturated heterocycles. The zero-order chi connectivity index (χ0) is 13.2. The molecule has 0 spiro atoms. The predicted molar refractivity (Wildman–Crippen MR) is 52.4 cm³/mol. The number of hydrogen-bond acceptors (Lipinski definition) is 5. The average molecular weight is 251 g/mol. The van der Waals surface area contributed by atoms with Crippen LogP contribution < -0.4 is 10.3 Å². The topological polar surface area (TPSA) is 79.6 Å². The summed E-state index contributed by atoms with van der Waals surface area (Å²) in [5, 5.41) is 8.85. The summed E-state index contributed by atoms with van der Waals surface area (Å²) in [7, 11) is 3.08. The zero-order valence-electron chi connectivity index (χ0n) is 8.82. The first-order valence-corrected chi connectivity index (χ1v) is 4.24. The molecule has 10 heteroatoms. The second-order valence-electron chi connectivity index (χ2n) is 3.17. The van der Waals surface area contributed by atoms with Gasteiger partial charge in [0.1, 0.15) is 0 Å². The first-order valence-electron chi connectivity index (χ1n) is 4.24. The Labute approximate surface area is 93.1 Å². The van der Waals surface area contributed by atoms with Crippen molar-refractivity contribution in [1.82, 2.24) is 9.89 Å². The van der Waals surface area contributed by atoms with Gasteiger partial charge in [0, 0.05) is 14.1 Å². The minimum absolute atomic E-state index is 0.392. The summed E-state index contributed by atoms with van der Waals surface area (Å²) in [6.07, 6.45) is -3.97. The molecule has 1 heterocycles. The summed E-state index contributed by atoms with van der Waals surface area (Å²) in [6, 6.07) is 0. The lowest BCUT2D eigenvalue weighted by Crippen LogP contribution is -2.30. The average Bonchev–Trinajstić information content (AvgIpc) is 2.59. The molecule has 1 rings (SSSR count). The summed E-state index contributed by atoms with van der Waals surface area (Å²) in [5.74, 6) is -2.76. The van der Waals surface area contributed by atoms with E-state index in [1.54, 1.807) is 0 Å². The fourth-order valence-electron chi connectivity index (χ4n) is 0.892. The number of amides is 1. The van der Waals surface area contributed by atoms with Crippen molar-refractivity contribution in [3.8, 4) is 0 Å². The summed E-state index contributed by atoms with van der Waals surface area (Å²) in [5.41, 5.74) is -0.392. The van der Waals surface area contributed by atoms with Gasteiger partial charge >= 0.3 is 12.1 Å². The van der Waals surface area contributed by atoms with Crippen LogP contribution in [-0.4, -0.2) is 36.1 Å². The Bertz CT molecular complexity index is 439. The van der Waals surface area contributed by atoms with Crippen LogP contribution in [-0.2, 0) is 4.79 Å². The standard InChI is InChI=1S/C7H8F3N5O2/c1-14(2)15-3-4(13-17)5(12-15)11-6(16)7(8,9)10/h3H,1-2H3,(H,11,12,16). The largest absolute Gasteiger partial charge is 0.471 e. The summed E-state index contributed by atoms with van der Waals surface area (Å²) >= 11 is 0. The van der Waals surface area contributed by atoms with Crippen LogP contribution in [0.25, 0.3) is 0 Å². The summed E-state index contributed by atoms with van der Waals surface area (Å²) in [6.45, 7) is 0. The van der Waals surface area contributed by atoms with E-state index in [9.17, 15) is 22.9 Å². The van der Waals surface area contributed by atoms with Crippen molar-refractivity contribution < 1.29 is 18.0 Å². The Kier molecular flexibility index (Phi) is 3.34. The summed E-state index contributed by atoms with van der Waals surface area (Å²) < 4.78 is 35.9. The van der Waals surface area contributed by atoms with Crippen molar-refractivity contribution in [2.45, 2.75) is 6.18 Å². The molecule has 0 saturated carbocycles. The van der Waals surface area contributed by atoms with E-state index in [0.717, 1.165) is 11.0 Å². The van der Waals surface area contributed by atoms with Crippen molar-refractivity contribution >= 4 is 17.4 Å². The quantitative estimate of drug-likeness (QED) is 0.812. The number of anilines is 1. The van der Waals surface area contributed by atoms with E-state index < -0.39 is 23.6 Å². The predicted octanol–water partition coefficient (Wildman–Crippen LogP) is 0.979. The molecule has 17 heavy (non-hydrogen) atoms. The highest BCUT2D eigenvalue weighted by Crippen LogP contribution is 2.25. The molecule has 0 bridgehead atoms. The number of nitrogens with zero attached hydrogens (tertiary/aromatic N) is 4. The minimum Gasteiger partial charge on any atom is -0.303 e. The molecular formula is C7H8F3N5O2. The minimum atomic E-state index is -5.05. The molecule has 0 unspecified atom stereocenters. The Morgan fingerprint density at radius 2 is 2.12 bits per heavy atom. The Hall–Kier alpha value is -2.13. The maximum absolute atomic E-state index is 12.0. The summed E-state index contributed by atoms with van der Waals surface area (Å²) in [4.78, 5) is 22.0. The van der Waals surface area contributed by atoms with E-state index in [-0.39, 0.29) is 0 Å². The van der Waals surface area contributed by atoms with Crippen LogP contribution in [0.1, 0.15) is 0 Å². The molecule has 1 N–H and O–H groups in total. The van der Waals surface area contributed by atoms with Crippen LogP contribution in [0.5, 0.6) is 0 Å². The number of nitroso groups, excluding NO2 is 1. The maximum Gasteiger partial charge on any atom is 0.471 e. The van der Waals surface area contributed by atoms with Gasteiger partial charge in [-0.1, -0.05) is 0 Å². The number of carbonyl (C=O) groups excluding carboxylic acids is 1. The first kappa shape index (κ1) is 12.9. The fourth-order valence-corrected chi connectivity index (χ4v) is 0.892. The third-order valence-electron chi connectivity index (χ3n) is 1.68. The number of halogens is 3. The van der Waals surface area contributed by atoms with E-state index in [0.29, 0.717) is 0 Å². The van der Waals surface area contributed by atoms with Gasteiger partial charge in [0.15, 0.2) is 11.5 Å². The van der Waals surface area contributed by atoms with Crippen molar-refractivity contribution in [3.05, 3.63) is 11.1 Å². The van der Waals surface area contributed by atoms with Gasteiger partial charge in [-0.3, -0.25) is 10.1 Å². The zero-order valence-corrected chi connectivity index (χ0v) is 8.82. The van der Waals surface area contributed by atoms with Gasteiger partial charge in [0.25, 0.3) is 0 Å². The molecule has 0 aromatic carbocycles. The van der Waals surface area contributed by atoms with Gasteiger partial charge in [-0.2, -0.15) is 18.0 Å². The highest BCUT2D eigenvalue weighted by atomic mass is 19.4. The number of alkyl halides is 3. The van der Waals surface area contributed by atoms with E-state index >= 15 is 0 Å². The Morgan fingerprint density at radius 3 is 2.53 bits per heavy atom. The molecule has 94 valence electrons. The van der Waals surface area contributed by atoms with Gasteiger partial charge < -0.3 is 5.01 Å². The molecular weight excluding hydrogens is 243 g/mol. The van der Waals surface area contributed by atoms with Crippen LogP contribution >= 0.6 is 0 Å². The molecule has 1 aromatic heterocycles. The van der Waals surface area contributed by atoms with Crippen molar-refractivity contribution in [2.24, 2.45) is 5.18 Å². The lowest BCUT2D eigenvalue weighted by atomic mass is 10.5. The molecule has 1 aromatic rings. The maximum atomic E-state index is 12.0. The van der Waals surface area contributed by atoms with Gasteiger partial charge in [0.2, 0.25) is 0 Å². The molecule has 0 radical (unpaired) electrons. The molecule has 1 amide bonds. The highest BCUT2D eigenvalue weighted by molar-refractivity contribution is 5.96. The van der Waals surface area contributed by atoms with E-state index in [2.05, 4.69) is 10.3 Å². The third-order valence-corrected chi connectivity index (χ3v) is 1.68. The molecule has 7 nitrogen and oxygen atoms in total. The van der Waals surface area contributed by atoms with E-state index in [1.807, 2.05) is 0 Å². The van der Waals surface area contributed by atoms with E-state index in [1.165, 1.54) is 24.4 Å². The van der Waals surface area contributed by atoms with Crippen LogP contribution in [0.3, 0.4) is 0 Å². The van der Waals surface area contributed by atoms with Gasteiger partial charge in [-0.15, -0.1) is 10.0 Å². The number of rotatable bonds is 3. The number of aromatic nitrogens is 2. The number of carbonyl (C=O) groups is 1. The first-order chi connectivity index (χ1) is 7.75. The van der Waals surface area contributed by atoms with Gasteiger partial charge in [0.05, 0.1) is 6.20 Å². The SMILES string of the molecule is CN(C)n1cc(N=O)c(NC(=O)C(F)(F)F)n1. The van der Waals surface area contributed by atoms with Crippen LogP contribution in [0.4, 0.5) is 24.7 Å². The highest BCUT2D eigenvalue weighted by Gasteiger charge is 2.39. The van der Waals surface area contributed by atoms with Crippen LogP contribution in [0.15, 0.2) is 11.4 Å². The monoisotopic (exact) mass is 251 g/mol. The second-order valence-corrected chi connectivity index (χ2v) is 3.17. The molecule has 0 aliphatic heterocycles. The Morgan fingerprint density at radius 1 is 1.53 bits per heavy atom. The lowest BCUT2D eigenvalue weighted by Gasteiger charge is -2.10. The van der Waals surface area contributed by atoms with Crippen molar-refractivity contribution in [1.29, 1.82) is 0 Å². The molecule has 0 atom stereocenters. The number of hydrogen-bond donors (Lipinski definition) is 1. The molecule has 0 fully saturated rings. The smallest absolute Gasteiger partial charge is 0.303 e.